The summed E-state index contributed by atoms with van der Waals surface area (Å²) in [6.45, 7) is 4.44. The van der Waals surface area contributed by atoms with Crippen molar-refractivity contribution in [2.45, 2.75) is 96.1 Å². The van der Waals surface area contributed by atoms with Gasteiger partial charge < -0.3 is 9.84 Å². The van der Waals surface area contributed by atoms with Gasteiger partial charge in [-0.25, -0.2) is 0 Å². The van der Waals surface area contributed by atoms with Gasteiger partial charge in [0.2, 0.25) is 0 Å². The molecule has 0 aliphatic carbocycles. The van der Waals surface area contributed by atoms with Crippen LogP contribution >= 0.6 is 11.8 Å². The number of ether oxygens (including phenoxy) is 1. The molecule has 3 aliphatic rings. The van der Waals surface area contributed by atoms with Crippen molar-refractivity contribution in [2.24, 2.45) is 11.8 Å². The molecule has 0 amide bonds. The highest BCUT2D eigenvalue weighted by molar-refractivity contribution is 8.02. The van der Waals surface area contributed by atoms with E-state index in [2.05, 4.69) is 28.3 Å². The molecule has 37 heavy (non-hydrogen) atoms. The fourth-order valence-corrected chi connectivity index (χ4v) is 7.11. The summed E-state index contributed by atoms with van der Waals surface area (Å²) < 4.78 is 5.44. The Bertz CT molecular complexity index is 980. The van der Waals surface area contributed by atoms with Gasteiger partial charge in [0, 0.05) is 24.2 Å². The highest BCUT2D eigenvalue weighted by Gasteiger charge is 2.42. The summed E-state index contributed by atoms with van der Waals surface area (Å²) in [7, 11) is 1.68. The number of aliphatic hydroxyl groups excluding tert-OH is 1. The number of rotatable bonds is 16. The summed E-state index contributed by atoms with van der Waals surface area (Å²) in [5.74, 6) is 3.33. The number of hydrogen-bond donors (Lipinski definition) is 1. The minimum Gasteiger partial charge on any atom is -0.497 e. The number of hydrogen-bond acceptors (Lipinski definition) is 5. The molecule has 1 N–H and O–H groups in total. The van der Waals surface area contributed by atoms with Crippen LogP contribution in [0.1, 0.15) is 95.6 Å². The molecule has 1 aromatic heterocycles. The van der Waals surface area contributed by atoms with Crippen molar-refractivity contribution in [3.05, 3.63) is 47.5 Å². The minimum atomic E-state index is -0.504. The second kappa shape index (κ2) is 15.1. The lowest BCUT2D eigenvalue weighted by Crippen LogP contribution is -2.54. The Morgan fingerprint density at radius 1 is 1.08 bits per heavy atom. The van der Waals surface area contributed by atoms with Crippen molar-refractivity contribution in [2.75, 3.05) is 26.0 Å². The molecule has 3 unspecified atom stereocenters. The average Bonchev–Trinajstić information content (AvgIpc) is 2.94. The maximum Gasteiger partial charge on any atom is 0.119 e. The standard InChI is InChI=1S/C32H48N2O2S/c1-3-4-5-6-7-8-9-10-11-12-20-37-21-17-26-24-34-19-16-25(26)22-31(34)32(35)28-15-18-33-30-14-13-27(36-2)23-29(28)30/h13-15,17-18,21,23,25-26,31-32,35H,3-12,16,19-20,22,24H2,1-2H3/t25?,26?,31-,32+/m0/s1. The molecule has 0 radical (unpaired) electrons. The molecule has 4 nitrogen and oxygen atoms in total. The minimum absolute atomic E-state index is 0.180. The average molecular weight is 525 g/mol. The fraction of sp³-hybridized carbons (Fsp3) is 0.656. The van der Waals surface area contributed by atoms with Gasteiger partial charge in [-0.1, -0.05) is 70.8 Å². The number of thioether (sulfide) groups is 1. The van der Waals surface area contributed by atoms with Crippen LogP contribution < -0.4 is 4.74 Å². The number of piperidine rings is 3. The van der Waals surface area contributed by atoms with Crippen molar-refractivity contribution in [1.29, 1.82) is 0 Å². The van der Waals surface area contributed by atoms with Crippen LogP contribution in [0.25, 0.3) is 10.9 Å². The molecule has 5 rings (SSSR count). The van der Waals surface area contributed by atoms with Gasteiger partial charge in [0.15, 0.2) is 0 Å². The van der Waals surface area contributed by atoms with Crippen molar-refractivity contribution in [3.63, 3.8) is 0 Å². The van der Waals surface area contributed by atoms with E-state index in [1.807, 2.05) is 42.2 Å². The van der Waals surface area contributed by atoms with E-state index < -0.39 is 6.10 Å². The topological polar surface area (TPSA) is 45.6 Å². The number of aliphatic hydroxyl groups is 1. The van der Waals surface area contributed by atoms with Crippen LogP contribution in [-0.4, -0.2) is 47.0 Å². The Morgan fingerprint density at radius 3 is 2.54 bits per heavy atom. The summed E-state index contributed by atoms with van der Waals surface area (Å²) in [5.41, 5.74) is 1.88. The SMILES string of the molecule is CCCCCCCCCCCCSC=CC1CN2CCC1C[C@H]2[C@H](O)c1ccnc2ccc(OC)cc12. The van der Waals surface area contributed by atoms with E-state index in [1.165, 1.54) is 76.4 Å². The molecule has 3 aliphatic heterocycles. The molecular formula is C32H48N2O2S. The van der Waals surface area contributed by atoms with E-state index >= 15 is 0 Å². The zero-order chi connectivity index (χ0) is 25.9. The van der Waals surface area contributed by atoms with Crippen LogP contribution in [0.15, 0.2) is 41.9 Å². The number of methoxy groups -OCH3 is 1. The first kappa shape index (κ1) is 28.4. The number of fused-ring (bicyclic) bond motifs is 4. The summed E-state index contributed by atoms with van der Waals surface area (Å²) >= 11 is 1.99. The third-order valence-electron chi connectivity index (χ3n) is 8.55. The fourth-order valence-electron chi connectivity index (χ4n) is 6.29. The largest absolute Gasteiger partial charge is 0.497 e. The predicted molar refractivity (Wildman–Crippen MR) is 158 cm³/mol. The maximum atomic E-state index is 11.5. The summed E-state index contributed by atoms with van der Waals surface area (Å²) in [5, 5.41) is 14.8. The molecule has 0 saturated carbocycles. The molecular weight excluding hydrogens is 476 g/mol. The van der Waals surface area contributed by atoms with E-state index in [0.29, 0.717) is 11.8 Å². The number of unbranched alkanes of at least 4 members (excludes halogenated alkanes) is 9. The molecule has 0 spiro atoms. The first-order valence-corrected chi connectivity index (χ1v) is 15.9. The first-order valence-electron chi connectivity index (χ1n) is 14.8. The summed E-state index contributed by atoms with van der Waals surface area (Å²) in [6.07, 6.45) is 20.1. The van der Waals surface area contributed by atoms with E-state index in [1.54, 1.807) is 7.11 Å². The van der Waals surface area contributed by atoms with Crippen molar-refractivity contribution >= 4 is 22.7 Å². The number of benzene rings is 1. The third-order valence-corrected chi connectivity index (χ3v) is 9.43. The summed E-state index contributed by atoms with van der Waals surface area (Å²) in [4.78, 5) is 7.03. The van der Waals surface area contributed by atoms with Gasteiger partial charge >= 0.3 is 0 Å². The van der Waals surface area contributed by atoms with E-state index in [-0.39, 0.29) is 6.04 Å². The monoisotopic (exact) mass is 524 g/mol. The molecule has 204 valence electrons. The van der Waals surface area contributed by atoms with Gasteiger partial charge in [0.1, 0.15) is 5.75 Å². The van der Waals surface area contributed by atoms with Crippen LogP contribution in [-0.2, 0) is 0 Å². The summed E-state index contributed by atoms with van der Waals surface area (Å²) in [6, 6.07) is 8.08. The zero-order valence-electron chi connectivity index (χ0n) is 23.1. The van der Waals surface area contributed by atoms with E-state index in [4.69, 9.17) is 4.74 Å². The van der Waals surface area contributed by atoms with Crippen molar-refractivity contribution in [3.8, 4) is 5.75 Å². The molecule has 5 heteroatoms. The Morgan fingerprint density at radius 2 is 1.84 bits per heavy atom. The highest BCUT2D eigenvalue weighted by atomic mass is 32.2. The molecule has 1 aromatic carbocycles. The van der Waals surface area contributed by atoms with Gasteiger partial charge in [-0.2, -0.15) is 0 Å². The Kier molecular flexibility index (Phi) is 11.6. The highest BCUT2D eigenvalue weighted by Crippen LogP contribution is 2.42. The zero-order valence-corrected chi connectivity index (χ0v) is 23.9. The second-order valence-corrected chi connectivity index (χ2v) is 12.1. The predicted octanol–water partition coefficient (Wildman–Crippen LogP) is 8.16. The third kappa shape index (κ3) is 7.97. The molecule has 5 atom stereocenters. The molecule has 2 aromatic rings. The number of pyridine rings is 1. The van der Waals surface area contributed by atoms with E-state index in [0.717, 1.165) is 41.7 Å². The molecule has 3 saturated heterocycles. The van der Waals surface area contributed by atoms with Crippen LogP contribution in [0.2, 0.25) is 0 Å². The lowest BCUT2D eigenvalue weighted by atomic mass is 9.73. The van der Waals surface area contributed by atoms with Crippen LogP contribution in [0.3, 0.4) is 0 Å². The lowest BCUT2D eigenvalue weighted by Gasteiger charge is -2.50. The smallest absolute Gasteiger partial charge is 0.119 e. The Balaban J connectivity index is 1.18. The quantitative estimate of drug-likeness (QED) is 0.224. The van der Waals surface area contributed by atoms with Gasteiger partial charge in [0.05, 0.1) is 18.7 Å². The van der Waals surface area contributed by atoms with E-state index in [9.17, 15) is 5.11 Å². The van der Waals surface area contributed by atoms with Gasteiger partial charge in [0.25, 0.3) is 0 Å². The maximum absolute atomic E-state index is 11.5. The molecule has 4 heterocycles. The Hall–Kier alpha value is -1.56. The molecule has 2 bridgehead atoms. The van der Waals surface area contributed by atoms with Crippen LogP contribution in [0.5, 0.6) is 5.75 Å². The number of nitrogens with zero attached hydrogens (tertiary/aromatic N) is 2. The van der Waals surface area contributed by atoms with Crippen molar-refractivity contribution < 1.29 is 9.84 Å². The van der Waals surface area contributed by atoms with Gasteiger partial charge in [-0.05, 0) is 78.6 Å². The van der Waals surface area contributed by atoms with Gasteiger partial charge in [-0.3, -0.25) is 9.88 Å². The second-order valence-electron chi connectivity index (χ2n) is 11.1. The Labute approximate surface area is 229 Å². The lowest BCUT2D eigenvalue weighted by molar-refractivity contribution is -0.0445. The normalized spacial score (nSPS) is 24.2. The van der Waals surface area contributed by atoms with Crippen molar-refractivity contribution in [1.82, 2.24) is 9.88 Å². The van der Waals surface area contributed by atoms with Crippen LogP contribution in [0, 0.1) is 11.8 Å². The first-order chi connectivity index (χ1) is 18.2. The number of aromatic nitrogens is 1. The molecule has 3 fully saturated rings. The van der Waals surface area contributed by atoms with Crippen LogP contribution in [0.4, 0.5) is 0 Å². The van der Waals surface area contributed by atoms with Gasteiger partial charge in [-0.15, -0.1) is 11.8 Å².